The third-order valence-electron chi connectivity index (χ3n) is 1.28. The van der Waals surface area contributed by atoms with E-state index in [-0.39, 0.29) is 23.2 Å². The van der Waals surface area contributed by atoms with Gasteiger partial charge in [0.25, 0.3) is 0 Å². The Hall–Kier alpha value is 0.579. The largest absolute Gasteiger partial charge is 0.494 e. The van der Waals surface area contributed by atoms with Gasteiger partial charge in [-0.15, -0.1) is 4.52 Å². The molecule has 0 aliphatic rings. The van der Waals surface area contributed by atoms with Crippen LogP contribution in [-0.4, -0.2) is 6.10 Å². The van der Waals surface area contributed by atoms with E-state index < -0.39 is 8.69 Å². The summed E-state index contributed by atoms with van der Waals surface area (Å²) in [4.78, 5) is 0. The molecule has 0 bridgehead atoms. The fraction of sp³-hybridized carbons (Fsp3) is 1.00. The molecule has 2 nitrogen and oxygen atoms in total. The fourth-order valence-corrected chi connectivity index (χ4v) is 1.16. The van der Waals surface area contributed by atoms with Crippen molar-refractivity contribution in [2.45, 2.75) is 39.2 Å². The number of hydrogen-bond donors (Lipinski definition) is 0. The maximum Gasteiger partial charge on any atom is 0.494 e. The predicted molar refractivity (Wildman–Crippen MR) is 39.1 cm³/mol. The van der Waals surface area contributed by atoms with Crippen LogP contribution in [0.3, 0.4) is 0 Å². The van der Waals surface area contributed by atoms with Gasteiger partial charge in [-0.1, -0.05) is 20.3 Å². The normalized spacial score (nSPS) is 12.6. The van der Waals surface area contributed by atoms with Crippen LogP contribution in [0, 0.1) is 0 Å². The molecule has 0 N–H and O–H groups in total. The number of rotatable bonds is 5. The van der Waals surface area contributed by atoms with Crippen molar-refractivity contribution in [1.82, 2.24) is 0 Å². The third kappa shape index (κ3) is 6.70. The Labute approximate surface area is 74.5 Å². The monoisotopic (exact) mass is 212 g/mol. The van der Waals surface area contributed by atoms with E-state index in [0.717, 1.165) is 19.3 Å². The molecule has 0 aromatic heterocycles. The van der Waals surface area contributed by atoms with Gasteiger partial charge in [0.15, 0.2) is 0 Å². The molecule has 0 aromatic rings. The molecule has 0 amide bonds. The molecule has 0 aliphatic carbocycles. The van der Waals surface area contributed by atoms with Crippen molar-refractivity contribution in [2.75, 3.05) is 0 Å². The molecule has 0 rings (SSSR count). The van der Waals surface area contributed by atoms with Crippen LogP contribution < -0.4 is 0 Å². The Kier molecular flexibility index (Phi) is 12.6. The molecule has 4 heteroatoms. The van der Waals surface area contributed by atoms with Crippen LogP contribution in [0.5, 0.6) is 0 Å². The summed E-state index contributed by atoms with van der Waals surface area (Å²) in [5, 5.41) is 0. The number of hydrogen-bond acceptors (Lipinski definition) is 2. The van der Waals surface area contributed by atoms with Crippen molar-refractivity contribution in [2.24, 2.45) is 0 Å². The van der Waals surface area contributed by atoms with Gasteiger partial charge in [-0.05, 0) is 17.4 Å². The van der Waals surface area contributed by atoms with Gasteiger partial charge in [0, 0.05) is 17.1 Å². The maximum atomic E-state index is 9.98. The van der Waals surface area contributed by atoms with Crippen LogP contribution in [0.1, 0.15) is 33.1 Å². The standard InChI is InChI=1S/C6H14O2P.Cu/c1-3-5-6(4-2)8-9-7;/h6,9H,3-5H2,1-2H3;/q+1;. The summed E-state index contributed by atoms with van der Waals surface area (Å²) in [6.45, 7) is 4.14. The quantitative estimate of drug-likeness (QED) is 0.517. The summed E-state index contributed by atoms with van der Waals surface area (Å²) < 4.78 is 14.9. The van der Waals surface area contributed by atoms with Crippen molar-refractivity contribution in [1.29, 1.82) is 0 Å². The third-order valence-corrected chi connectivity index (χ3v) is 1.71. The molecule has 0 aromatic carbocycles. The van der Waals surface area contributed by atoms with Gasteiger partial charge < -0.3 is 0 Å². The van der Waals surface area contributed by atoms with Gasteiger partial charge in [0.1, 0.15) is 6.10 Å². The minimum atomic E-state index is -0.595. The topological polar surface area (TPSA) is 26.3 Å². The molecule has 2 unspecified atom stereocenters. The molecule has 0 fully saturated rings. The molecule has 10 heavy (non-hydrogen) atoms. The van der Waals surface area contributed by atoms with Crippen molar-refractivity contribution in [3.05, 3.63) is 0 Å². The molecule has 0 spiro atoms. The zero-order chi connectivity index (χ0) is 7.11. The van der Waals surface area contributed by atoms with Crippen LogP contribution >= 0.6 is 8.69 Å². The first kappa shape index (κ1) is 13.2. The zero-order valence-electron chi connectivity index (χ0n) is 6.32. The summed E-state index contributed by atoms with van der Waals surface area (Å²) in [5.41, 5.74) is 0. The molecular formula is C6H14CuO2P+. The van der Waals surface area contributed by atoms with E-state index in [9.17, 15) is 4.57 Å². The molecule has 0 heterocycles. The Morgan fingerprint density at radius 3 is 2.40 bits per heavy atom. The molecule has 65 valence electrons. The summed E-state index contributed by atoms with van der Waals surface area (Å²) in [6, 6.07) is 0. The SMILES string of the molecule is CCCC(CC)O[PH+]=O.[Cu]. The first-order valence-corrected chi connectivity index (χ1v) is 4.19. The maximum absolute atomic E-state index is 9.98. The summed E-state index contributed by atoms with van der Waals surface area (Å²) in [6.07, 6.45) is 3.29. The Balaban J connectivity index is 0. The van der Waals surface area contributed by atoms with Crippen LogP contribution in [0.2, 0.25) is 0 Å². The molecule has 2 atom stereocenters. The van der Waals surface area contributed by atoms with Gasteiger partial charge in [0.05, 0.1) is 0 Å². The van der Waals surface area contributed by atoms with Gasteiger partial charge >= 0.3 is 8.69 Å². The first-order valence-electron chi connectivity index (χ1n) is 3.37. The van der Waals surface area contributed by atoms with Crippen LogP contribution in [0.15, 0.2) is 0 Å². The van der Waals surface area contributed by atoms with Gasteiger partial charge in [-0.3, -0.25) is 0 Å². The van der Waals surface area contributed by atoms with Crippen molar-refractivity contribution in [3.8, 4) is 0 Å². The van der Waals surface area contributed by atoms with Crippen molar-refractivity contribution >= 4 is 8.69 Å². The second kappa shape index (κ2) is 9.58. The van der Waals surface area contributed by atoms with E-state index in [1.807, 2.05) is 6.92 Å². The Morgan fingerprint density at radius 1 is 1.50 bits per heavy atom. The summed E-state index contributed by atoms with van der Waals surface area (Å²) in [7, 11) is -0.595. The zero-order valence-corrected chi connectivity index (χ0v) is 8.26. The van der Waals surface area contributed by atoms with E-state index in [1.165, 1.54) is 0 Å². The van der Waals surface area contributed by atoms with Gasteiger partial charge in [-0.25, -0.2) is 0 Å². The second-order valence-corrected chi connectivity index (χ2v) is 2.42. The molecule has 0 saturated heterocycles. The van der Waals surface area contributed by atoms with Crippen LogP contribution in [0.4, 0.5) is 0 Å². The summed E-state index contributed by atoms with van der Waals surface area (Å²) in [5.74, 6) is 0. The van der Waals surface area contributed by atoms with Gasteiger partial charge in [0.2, 0.25) is 0 Å². The van der Waals surface area contributed by atoms with E-state index in [2.05, 4.69) is 6.92 Å². The minimum Gasteiger partial charge on any atom is -0.145 e. The van der Waals surface area contributed by atoms with Crippen molar-refractivity contribution < 1.29 is 26.2 Å². The van der Waals surface area contributed by atoms with Gasteiger partial charge in [-0.2, -0.15) is 0 Å². The van der Waals surface area contributed by atoms with Crippen LogP contribution in [-0.2, 0) is 26.2 Å². The first-order chi connectivity index (χ1) is 4.35. The fourth-order valence-electron chi connectivity index (χ4n) is 0.736. The smallest absolute Gasteiger partial charge is 0.145 e. The average molecular weight is 213 g/mol. The molecule has 0 saturated carbocycles. The Bertz CT molecular complexity index is 80.1. The minimum absolute atomic E-state index is 0. The average Bonchev–Trinajstić information content (AvgIpc) is 1.88. The second-order valence-electron chi connectivity index (χ2n) is 2.02. The Morgan fingerprint density at radius 2 is 2.10 bits per heavy atom. The van der Waals surface area contributed by atoms with E-state index in [0.29, 0.717) is 0 Å². The molecule has 0 aliphatic heterocycles. The van der Waals surface area contributed by atoms with Crippen LogP contribution in [0.25, 0.3) is 0 Å². The van der Waals surface area contributed by atoms with E-state index >= 15 is 0 Å². The summed E-state index contributed by atoms with van der Waals surface area (Å²) >= 11 is 0. The van der Waals surface area contributed by atoms with E-state index in [1.54, 1.807) is 0 Å². The van der Waals surface area contributed by atoms with E-state index in [4.69, 9.17) is 4.52 Å². The molecular weight excluding hydrogens is 199 g/mol. The van der Waals surface area contributed by atoms with Crippen molar-refractivity contribution in [3.63, 3.8) is 0 Å². The molecule has 1 radical (unpaired) electrons. The predicted octanol–water partition coefficient (Wildman–Crippen LogP) is 2.52.